The predicted octanol–water partition coefficient (Wildman–Crippen LogP) is 2.32. The lowest BCUT2D eigenvalue weighted by molar-refractivity contribution is -0.000284. The first kappa shape index (κ1) is 15.4. The van der Waals surface area contributed by atoms with Gasteiger partial charge in [-0.15, -0.1) is 0 Å². The Kier molecular flexibility index (Phi) is 3.68. The lowest BCUT2D eigenvalue weighted by Crippen LogP contribution is -2.43. The van der Waals surface area contributed by atoms with Crippen molar-refractivity contribution in [3.8, 4) is 0 Å². The van der Waals surface area contributed by atoms with Crippen LogP contribution in [0, 0.1) is 0 Å². The van der Waals surface area contributed by atoms with E-state index in [4.69, 9.17) is 4.74 Å². The summed E-state index contributed by atoms with van der Waals surface area (Å²) in [5.41, 5.74) is 0.935. The summed E-state index contributed by atoms with van der Waals surface area (Å²) in [4.78, 5) is 27.3. The number of ether oxygens (including phenoxy) is 1. The number of fused-ring (bicyclic) bond motifs is 3. The van der Waals surface area contributed by atoms with Crippen LogP contribution in [-0.4, -0.2) is 40.7 Å². The van der Waals surface area contributed by atoms with Crippen molar-refractivity contribution in [2.24, 2.45) is 7.05 Å². The molecule has 1 aromatic carbocycles. The van der Waals surface area contributed by atoms with Crippen molar-refractivity contribution >= 4 is 16.9 Å². The first-order valence-corrected chi connectivity index (χ1v) is 8.56. The number of nitrogens with zero attached hydrogens (tertiary/aromatic N) is 2. The molecule has 2 fully saturated rings. The maximum atomic E-state index is 12.7. The molecule has 5 heteroatoms. The Bertz CT molecular complexity index is 843. The zero-order chi connectivity index (χ0) is 16.8. The number of pyridine rings is 1. The van der Waals surface area contributed by atoms with E-state index in [1.54, 1.807) is 11.6 Å². The second kappa shape index (κ2) is 5.74. The van der Waals surface area contributed by atoms with Crippen LogP contribution in [0.3, 0.4) is 0 Å². The van der Waals surface area contributed by atoms with Gasteiger partial charge in [-0.1, -0.05) is 18.2 Å². The van der Waals surface area contributed by atoms with E-state index in [2.05, 4.69) is 11.9 Å². The lowest BCUT2D eigenvalue weighted by Gasteiger charge is -2.35. The van der Waals surface area contributed by atoms with Crippen LogP contribution in [-0.2, 0) is 11.8 Å². The summed E-state index contributed by atoms with van der Waals surface area (Å²) in [6.07, 6.45) is 4.10. The van der Waals surface area contributed by atoms with Gasteiger partial charge in [0, 0.05) is 43.4 Å². The van der Waals surface area contributed by atoms with E-state index in [0.717, 1.165) is 23.7 Å². The summed E-state index contributed by atoms with van der Waals surface area (Å²) in [6, 6.07) is 9.88. The van der Waals surface area contributed by atoms with Gasteiger partial charge in [0.05, 0.1) is 11.1 Å². The van der Waals surface area contributed by atoms with E-state index in [-0.39, 0.29) is 17.6 Å². The molecule has 3 heterocycles. The van der Waals surface area contributed by atoms with Gasteiger partial charge in [0.25, 0.3) is 5.56 Å². The maximum Gasteiger partial charge on any atom is 0.339 e. The fourth-order valence-electron chi connectivity index (χ4n) is 4.25. The summed E-state index contributed by atoms with van der Waals surface area (Å²) in [5, 5.41) is 0.764. The molecule has 0 radical (unpaired) electrons. The topological polar surface area (TPSA) is 51.5 Å². The zero-order valence-electron chi connectivity index (χ0n) is 14.1. The van der Waals surface area contributed by atoms with Gasteiger partial charge >= 0.3 is 5.97 Å². The Morgan fingerprint density at radius 1 is 1.12 bits per heavy atom. The Hall–Kier alpha value is -2.14. The molecule has 0 saturated carbocycles. The van der Waals surface area contributed by atoms with Crippen molar-refractivity contribution in [2.75, 3.05) is 7.05 Å². The Labute approximate surface area is 140 Å². The normalized spacial score (nSPS) is 26.7. The van der Waals surface area contributed by atoms with Gasteiger partial charge in [0.1, 0.15) is 6.10 Å². The number of carbonyl (C=O) groups is 1. The number of para-hydroxylation sites is 1. The van der Waals surface area contributed by atoms with E-state index in [0.29, 0.717) is 17.6 Å². The van der Waals surface area contributed by atoms with Crippen LogP contribution in [0.4, 0.5) is 0 Å². The second-order valence-electron chi connectivity index (χ2n) is 7.02. The molecule has 2 aliphatic rings. The van der Waals surface area contributed by atoms with Crippen molar-refractivity contribution in [3.05, 3.63) is 46.2 Å². The molecule has 4 rings (SSSR count). The highest BCUT2D eigenvalue weighted by Gasteiger charge is 2.40. The van der Waals surface area contributed by atoms with Crippen molar-refractivity contribution in [3.63, 3.8) is 0 Å². The standard InChI is InChI=1S/C19H22N2O3/c1-20-12-7-8-13(20)10-14(9-12)24-19(23)16-11-18(22)21(2)17-6-4-3-5-15(16)17/h3-6,11-14H,7-10H2,1-2H3/t12-,13+,14?. The third-order valence-electron chi connectivity index (χ3n) is 5.70. The smallest absolute Gasteiger partial charge is 0.339 e. The molecule has 2 bridgehead atoms. The summed E-state index contributed by atoms with van der Waals surface area (Å²) in [5.74, 6) is -0.377. The number of carbonyl (C=O) groups excluding carboxylic acids is 1. The van der Waals surface area contributed by atoms with Gasteiger partial charge in [-0.05, 0) is 26.0 Å². The van der Waals surface area contributed by atoms with Crippen LogP contribution in [0.2, 0.25) is 0 Å². The minimum atomic E-state index is -0.377. The fourth-order valence-corrected chi connectivity index (χ4v) is 4.25. The van der Waals surface area contributed by atoms with Crippen molar-refractivity contribution in [1.29, 1.82) is 0 Å². The Morgan fingerprint density at radius 3 is 2.50 bits per heavy atom. The number of rotatable bonds is 2. The molecule has 24 heavy (non-hydrogen) atoms. The van der Waals surface area contributed by atoms with Gasteiger partial charge in [0.15, 0.2) is 0 Å². The Morgan fingerprint density at radius 2 is 1.79 bits per heavy atom. The highest BCUT2D eigenvalue weighted by Crippen LogP contribution is 2.35. The molecule has 1 aromatic heterocycles. The van der Waals surface area contributed by atoms with Crippen LogP contribution in [0.25, 0.3) is 10.9 Å². The monoisotopic (exact) mass is 326 g/mol. The van der Waals surface area contributed by atoms with Gasteiger partial charge in [-0.25, -0.2) is 4.79 Å². The Balaban J connectivity index is 1.63. The van der Waals surface area contributed by atoms with E-state index in [1.165, 1.54) is 18.9 Å². The first-order valence-electron chi connectivity index (χ1n) is 8.56. The SMILES string of the molecule is CN1[C@@H]2CC[C@H]1CC(OC(=O)c1cc(=O)n(C)c3ccccc13)C2. The predicted molar refractivity (Wildman–Crippen MR) is 92.2 cm³/mol. The van der Waals surface area contributed by atoms with E-state index < -0.39 is 0 Å². The molecule has 2 aromatic rings. The van der Waals surface area contributed by atoms with E-state index in [1.807, 2.05) is 24.3 Å². The third kappa shape index (κ3) is 2.44. The van der Waals surface area contributed by atoms with Crippen molar-refractivity contribution < 1.29 is 9.53 Å². The molecular formula is C19H22N2O3. The first-order chi connectivity index (χ1) is 11.5. The van der Waals surface area contributed by atoms with E-state index in [9.17, 15) is 9.59 Å². The van der Waals surface area contributed by atoms with E-state index >= 15 is 0 Å². The number of aromatic nitrogens is 1. The second-order valence-corrected chi connectivity index (χ2v) is 7.02. The summed E-state index contributed by atoms with van der Waals surface area (Å²) in [6.45, 7) is 0. The quantitative estimate of drug-likeness (QED) is 0.795. The summed E-state index contributed by atoms with van der Waals surface area (Å²) >= 11 is 0. The largest absolute Gasteiger partial charge is 0.459 e. The van der Waals surface area contributed by atoms with Crippen LogP contribution >= 0.6 is 0 Å². The molecule has 2 saturated heterocycles. The molecule has 0 spiro atoms. The fraction of sp³-hybridized carbons (Fsp3) is 0.474. The highest BCUT2D eigenvalue weighted by molar-refractivity contribution is 6.03. The van der Waals surface area contributed by atoms with Gasteiger partial charge < -0.3 is 14.2 Å². The number of piperidine rings is 1. The minimum Gasteiger partial charge on any atom is -0.459 e. The molecular weight excluding hydrogens is 304 g/mol. The van der Waals surface area contributed by atoms with Gasteiger partial charge in [-0.2, -0.15) is 0 Å². The van der Waals surface area contributed by atoms with Crippen molar-refractivity contribution in [2.45, 2.75) is 43.9 Å². The van der Waals surface area contributed by atoms with Crippen molar-refractivity contribution in [1.82, 2.24) is 9.47 Å². The van der Waals surface area contributed by atoms with Crippen LogP contribution in [0.15, 0.2) is 35.1 Å². The minimum absolute atomic E-state index is 0.0472. The van der Waals surface area contributed by atoms with Crippen LogP contribution < -0.4 is 5.56 Å². The maximum absolute atomic E-state index is 12.7. The number of benzene rings is 1. The number of aryl methyl sites for hydroxylation is 1. The average molecular weight is 326 g/mol. The molecule has 0 aliphatic carbocycles. The molecule has 3 atom stereocenters. The molecule has 5 nitrogen and oxygen atoms in total. The highest BCUT2D eigenvalue weighted by atomic mass is 16.5. The van der Waals surface area contributed by atoms with Crippen LogP contribution in [0.5, 0.6) is 0 Å². The molecule has 2 aliphatic heterocycles. The zero-order valence-corrected chi connectivity index (χ0v) is 14.1. The molecule has 0 amide bonds. The average Bonchev–Trinajstić information content (AvgIpc) is 2.80. The molecule has 0 N–H and O–H groups in total. The van der Waals surface area contributed by atoms with Crippen LogP contribution in [0.1, 0.15) is 36.0 Å². The lowest BCUT2D eigenvalue weighted by atomic mass is 10.0. The molecule has 126 valence electrons. The summed E-state index contributed by atoms with van der Waals surface area (Å²) in [7, 11) is 3.88. The van der Waals surface area contributed by atoms with Gasteiger partial charge in [-0.3, -0.25) is 4.79 Å². The number of esters is 1. The number of hydrogen-bond donors (Lipinski definition) is 0. The summed E-state index contributed by atoms with van der Waals surface area (Å²) < 4.78 is 7.35. The third-order valence-corrected chi connectivity index (χ3v) is 5.70. The van der Waals surface area contributed by atoms with Gasteiger partial charge in [0.2, 0.25) is 0 Å². The molecule has 1 unspecified atom stereocenters. The number of hydrogen-bond acceptors (Lipinski definition) is 4.